The van der Waals surface area contributed by atoms with Gasteiger partial charge in [0.25, 0.3) is 0 Å². The van der Waals surface area contributed by atoms with Crippen molar-refractivity contribution in [2.24, 2.45) is 5.92 Å². The molecule has 1 aromatic carbocycles. The van der Waals surface area contributed by atoms with Crippen molar-refractivity contribution in [3.63, 3.8) is 0 Å². The number of piperidine rings is 1. The van der Waals surface area contributed by atoms with Gasteiger partial charge in [-0.25, -0.2) is 0 Å². The molecule has 0 spiro atoms. The van der Waals surface area contributed by atoms with Gasteiger partial charge >= 0.3 is 0 Å². The predicted octanol–water partition coefficient (Wildman–Crippen LogP) is 2.41. The molecule has 2 fully saturated rings. The molecule has 0 bridgehead atoms. The van der Waals surface area contributed by atoms with Gasteiger partial charge < -0.3 is 15.5 Å². The largest absolute Gasteiger partial charge is 0.349 e. The standard InChI is InChI=1S/C18H25N3O2.ClH/c1-13(20-18(23)15-8-10-19-11-9-15)14-4-6-16(7-5-14)21-12-2-3-17(21)22;/h4-7,13,15,19H,2-3,8-12H2,1H3,(H,20,23);1H. The van der Waals surface area contributed by atoms with Crippen molar-refractivity contribution in [3.8, 4) is 0 Å². The highest BCUT2D eigenvalue weighted by molar-refractivity contribution is 5.95. The van der Waals surface area contributed by atoms with E-state index < -0.39 is 0 Å². The molecule has 2 saturated heterocycles. The number of hydrogen-bond donors (Lipinski definition) is 2. The summed E-state index contributed by atoms with van der Waals surface area (Å²) in [5.41, 5.74) is 2.02. The Balaban J connectivity index is 0.00000208. The van der Waals surface area contributed by atoms with Gasteiger partial charge in [0.2, 0.25) is 11.8 Å². The van der Waals surface area contributed by atoms with Crippen molar-refractivity contribution >= 4 is 29.9 Å². The Labute approximate surface area is 149 Å². The third-order valence-electron chi connectivity index (χ3n) is 4.85. The molecular formula is C18H26ClN3O2. The summed E-state index contributed by atoms with van der Waals surface area (Å²) < 4.78 is 0. The molecule has 1 aromatic rings. The second-order valence-corrected chi connectivity index (χ2v) is 6.50. The van der Waals surface area contributed by atoms with Gasteiger partial charge in [-0.15, -0.1) is 12.4 Å². The van der Waals surface area contributed by atoms with Gasteiger partial charge in [-0.05, 0) is 57.0 Å². The minimum atomic E-state index is -0.0132. The molecule has 24 heavy (non-hydrogen) atoms. The molecule has 132 valence electrons. The Hall–Kier alpha value is -1.59. The first-order chi connectivity index (χ1) is 11.1. The SMILES string of the molecule is CC(NC(=O)C1CCNCC1)c1ccc(N2CCCC2=O)cc1.Cl. The molecule has 6 heteroatoms. The van der Waals surface area contributed by atoms with Crippen LogP contribution >= 0.6 is 12.4 Å². The van der Waals surface area contributed by atoms with Crippen molar-refractivity contribution in [1.82, 2.24) is 10.6 Å². The minimum absolute atomic E-state index is 0. The fourth-order valence-corrected chi connectivity index (χ4v) is 3.36. The lowest BCUT2D eigenvalue weighted by molar-refractivity contribution is -0.126. The Morgan fingerprint density at radius 1 is 1.25 bits per heavy atom. The molecule has 0 radical (unpaired) electrons. The smallest absolute Gasteiger partial charge is 0.227 e. The molecule has 0 aliphatic carbocycles. The summed E-state index contributed by atoms with van der Waals surface area (Å²) in [5, 5.41) is 6.40. The van der Waals surface area contributed by atoms with Gasteiger partial charge in [0, 0.05) is 24.6 Å². The van der Waals surface area contributed by atoms with Crippen LogP contribution in [-0.4, -0.2) is 31.4 Å². The average Bonchev–Trinajstić information content (AvgIpc) is 3.02. The van der Waals surface area contributed by atoms with Gasteiger partial charge in [0.1, 0.15) is 0 Å². The van der Waals surface area contributed by atoms with Crippen molar-refractivity contribution in [2.45, 2.75) is 38.6 Å². The van der Waals surface area contributed by atoms with Crippen molar-refractivity contribution in [3.05, 3.63) is 29.8 Å². The van der Waals surface area contributed by atoms with E-state index >= 15 is 0 Å². The first-order valence-electron chi connectivity index (χ1n) is 8.56. The minimum Gasteiger partial charge on any atom is -0.349 e. The molecule has 1 atom stereocenters. The van der Waals surface area contributed by atoms with Crippen LogP contribution in [0.15, 0.2) is 24.3 Å². The number of benzene rings is 1. The Morgan fingerprint density at radius 2 is 1.92 bits per heavy atom. The summed E-state index contributed by atoms with van der Waals surface area (Å²) in [6, 6.07) is 7.96. The number of amides is 2. The number of carbonyl (C=O) groups is 2. The molecule has 0 saturated carbocycles. The molecular weight excluding hydrogens is 326 g/mol. The van der Waals surface area contributed by atoms with E-state index in [0.717, 1.165) is 50.1 Å². The van der Waals surface area contributed by atoms with Crippen LogP contribution in [0.4, 0.5) is 5.69 Å². The zero-order chi connectivity index (χ0) is 16.2. The first-order valence-corrected chi connectivity index (χ1v) is 8.56. The predicted molar refractivity (Wildman–Crippen MR) is 97.4 cm³/mol. The fourth-order valence-electron chi connectivity index (χ4n) is 3.36. The van der Waals surface area contributed by atoms with Crippen LogP contribution in [0.5, 0.6) is 0 Å². The maximum absolute atomic E-state index is 12.3. The van der Waals surface area contributed by atoms with E-state index in [-0.39, 0.29) is 36.2 Å². The highest BCUT2D eigenvalue weighted by Crippen LogP contribution is 2.24. The number of carbonyl (C=O) groups excluding carboxylic acids is 2. The Morgan fingerprint density at radius 3 is 2.50 bits per heavy atom. The van der Waals surface area contributed by atoms with Crippen LogP contribution in [-0.2, 0) is 9.59 Å². The molecule has 0 aromatic heterocycles. The van der Waals surface area contributed by atoms with E-state index in [1.807, 2.05) is 36.1 Å². The van der Waals surface area contributed by atoms with Gasteiger partial charge in [0.05, 0.1) is 6.04 Å². The third kappa shape index (κ3) is 4.28. The third-order valence-corrected chi connectivity index (χ3v) is 4.85. The summed E-state index contributed by atoms with van der Waals surface area (Å²) in [7, 11) is 0. The molecule has 5 nitrogen and oxygen atoms in total. The second kappa shape index (κ2) is 8.49. The molecule has 2 aliphatic heterocycles. The molecule has 1 unspecified atom stereocenters. The van der Waals surface area contributed by atoms with Crippen LogP contribution < -0.4 is 15.5 Å². The van der Waals surface area contributed by atoms with E-state index in [1.54, 1.807) is 0 Å². The number of nitrogens with one attached hydrogen (secondary N) is 2. The number of hydrogen-bond acceptors (Lipinski definition) is 3. The van der Waals surface area contributed by atoms with Crippen LogP contribution in [0.1, 0.15) is 44.2 Å². The van der Waals surface area contributed by atoms with Gasteiger partial charge in [-0.3, -0.25) is 9.59 Å². The van der Waals surface area contributed by atoms with Gasteiger partial charge in [-0.1, -0.05) is 12.1 Å². The average molecular weight is 352 g/mol. The van der Waals surface area contributed by atoms with Crippen molar-refractivity contribution < 1.29 is 9.59 Å². The van der Waals surface area contributed by atoms with Crippen LogP contribution in [0.25, 0.3) is 0 Å². The van der Waals surface area contributed by atoms with E-state index in [2.05, 4.69) is 10.6 Å². The summed E-state index contributed by atoms with van der Waals surface area (Å²) in [5.74, 6) is 0.475. The van der Waals surface area contributed by atoms with Crippen LogP contribution in [0.2, 0.25) is 0 Å². The van der Waals surface area contributed by atoms with Crippen molar-refractivity contribution in [2.75, 3.05) is 24.5 Å². The normalized spacial score (nSPS) is 19.7. The van der Waals surface area contributed by atoms with Gasteiger partial charge in [0.15, 0.2) is 0 Å². The van der Waals surface area contributed by atoms with Crippen LogP contribution in [0.3, 0.4) is 0 Å². The lowest BCUT2D eigenvalue weighted by atomic mass is 9.96. The van der Waals surface area contributed by atoms with Gasteiger partial charge in [-0.2, -0.15) is 0 Å². The summed E-state index contributed by atoms with van der Waals surface area (Å²) >= 11 is 0. The molecule has 2 amide bonds. The monoisotopic (exact) mass is 351 g/mol. The summed E-state index contributed by atoms with van der Waals surface area (Å²) in [6.07, 6.45) is 3.40. The van der Waals surface area contributed by atoms with Crippen LogP contribution in [0, 0.1) is 5.92 Å². The maximum atomic E-state index is 12.3. The quantitative estimate of drug-likeness (QED) is 0.875. The van der Waals surface area contributed by atoms with E-state index in [4.69, 9.17) is 0 Å². The summed E-state index contributed by atoms with van der Waals surface area (Å²) in [4.78, 5) is 25.9. The fraction of sp³-hybridized carbons (Fsp3) is 0.556. The molecule has 3 rings (SSSR count). The molecule has 2 N–H and O–H groups in total. The first kappa shape index (κ1) is 18.7. The highest BCUT2D eigenvalue weighted by atomic mass is 35.5. The Kier molecular flexibility index (Phi) is 6.63. The lowest BCUT2D eigenvalue weighted by Crippen LogP contribution is -2.39. The highest BCUT2D eigenvalue weighted by Gasteiger charge is 2.23. The topological polar surface area (TPSA) is 61.4 Å². The Bertz CT molecular complexity index is 570. The van der Waals surface area contributed by atoms with E-state index in [1.165, 1.54) is 0 Å². The lowest BCUT2D eigenvalue weighted by Gasteiger charge is -2.24. The molecule has 2 heterocycles. The second-order valence-electron chi connectivity index (χ2n) is 6.50. The number of halogens is 1. The zero-order valence-corrected chi connectivity index (χ0v) is 14.9. The number of rotatable bonds is 4. The molecule has 2 aliphatic rings. The zero-order valence-electron chi connectivity index (χ0n) is 14.1. The maximum Gasteiger partial charge on any atom is 0.227 e. The van der Waals surface area contributed by atoms with Crippen molar-refractivity contribution in [1.29, 1.82) is 0 Å². The number of anilines is 1. The summed E-state index contributed by atoms with van der Waals surface area (Å²) in [6.45, 7) is 4.66. The van der Waals surface area contributed by atoms with E-state index in [9.17, 15) is 9.59 Å². The number of nitrogens with zero attached hydrogens (tertiary/aromatic N) is 1. The van der Waals surface area contributed by atoms with E-state index in [0.29, 0.717) is 6.42 Å².